The van der Waals surface area contributed by atoms with Gasteiger partial charge in [-0.2, -0.15) is 4.98 Å². The minimum atomic E-state index is -0.522. The van der Waals surface area contributed by atoms with Crippen molar-refractivity contribution < 1.29 is 18.4 Å². The summed E-state index contributed by atoms with van der Waals surface area (Å²) in [5.41, 5.74) is 1.31. The molecule has 0 saturated carbocycles. The number of benzene rings is 2. The smallest absolute Gasteiger partial charge is 0.257 e. The number of hydrogen-bond acceptors (Lipinski definition) is 5. The molecular formula is C19H15ClFN3O3. The topological polar surface area (TPSA) is 68.5 Å². The summed E-state index contributed by atoms with van der Waals surface area (Å²) in [6.07, 6.45) is 0.247. The number of methoxy groups -OCH3 is 1. The van der Waals surface area contributed by atoms with Gasteiger partial charge in [0.15, 0.2) is 5.82 Å². The second-order valence-corrected chi connectivity index (χ2v) is 6.60. The van der Waals surface area contributed by atoms with Crippen LogP contribution in [0.2, 0.25) is 5.02 Å². The average Bonchev–Trinajstić information content (AvgIpc) is 3.31. The number of rotatable bonds is 4. The fourth-order valence-electron chi connectivity index (χ4n) is 3.03. The van der Waals surface area contributed by atoms with E-state index < -0.39 is 5.82 Å². The van der Waals surface area contributed by atoms with Crippen LogP contribution >= 0.6 is 11.6 Å². The minimum absolute atomic E-state index is 0.0231. The Balaban J connectivity index is 1.53. The lowest BCUT2D eigenvalue weighted by Gasteiger charge is -2.16. The van der Waals surface area contributed by atoms with Crippen molar-refractivity contribution in [2.45, 2.75) is 12.3 Å². The van der Waals surface area contributed by atoms with Gasteiger partial charge in [0.2, 0.25) is 5.91 Å². The summed E-state index contributed by atoms with van der Waals surface area (Å²) in [6, 6.07) is 11.5. The van der Waals surface area contributed by atoms with Gasteiger partial charge in [0.1, 0.15) is 11.6 Å². The van der Waals surface area contributed by atoms with E-state index in [2.05, 4.69) is 10.1 Å². The molecule has 4 rings (SSSR count). The molecule has 1 unspecified atom stereocenters. The Morgan fingerprint density at radius 1 is 1.26 bits per heavy atom. The number of carbonyl (C=O) groups is 1. The molecule has 1 aromatic heterocycles. The zero-order valence-electron chi connectivity index (χ0n) is 14.4. The summed E-state index contributed by atoms with van der Waals surface area (Å²) in [6.45, 7) is 0.377. The lowest BCUT2D eigenvalue weighted by molar-refractivity contribution is -0.117. The lowest BCUT2D eigenvalue weighted by Crippen LogP contribution is -2.24. The van der Waals surface area contributed by atoms with E-state index in [4.69, 9.17) is 20.9 Å². The Morgan fingerprint density at radius 3 is 2.74 bits per heavy atom. The van der Waals surface area contributed by atoms with Gasteiger partial charge in [-0.3, -0.25) is 4.79 Å². The normalized spacial score (nSPS) is 16.8. The predicted octanol–water partition coefficient (Wildman–Crippen LogP) is 4.06. The van der Waals surface area contributed by atoms with Crippen molar-refractivity contribution in [2.24, 2.45) is 0 Å². The molecule has 0 N–H and O–H groups in total. The van der Waals surface area contributed by atoms with Crippen LogP contribution in [-0.4, -0.2) is 29.7 Å². The number of carbonyl (C=O) groups excluding carboxylic acids is 1. The number of nitrogens with zero attached hydrogens (tertiary/aromatic N) is 3. The summed E-state index contributed by atoms with van der Waals surface area (Å²) < 4.78 is 23.8. The number of anilines is 1. The van der Waals surface area contributed by atoms with Crippen LogP contribution in [0, 0.1) is 5.82 Å². The molecule has 0 bridgehead atoms. The first kappa shape index (κ1) is 17.5. The maximum Gasteiger partial charge on any atom is 0.257 e. The van der Waals surface area contributed by atoms with Crippen molar-refractivity contribution in [2.75, 3.05) is 18.6 Å². The Morgan fingerprint density at radius 2 is 2.04 bits per heavy atom. The number of ether oxygens (including phenoxy) is 1. The summed E-state index contributed by atoms with van der Waals surface area (Å²) in [5.74, 6) is 0.739. The van der Waals surface area contributed by atoms with Crippen LogP contribution in [0.3, 0.4) is 0 Å². The third-order valence-electron chi connectivity index (χ3n) is 4.48. The molecule has 1 aliphatic heterocycles. The standard InChI is InChI=1S/C19H15ClFN3O3/c1-26-14-5-2-11(3-6-14)19-22-18(23-27-19)12-8-17(25)24(10-12)13-4-7-16(21)15(20)9-13/h2-7,9,12H,8,10H2,1H3. The van der Waals surface area contributed by atoms with Crippen LogP contribution in [0.4, 0.5) is 10.1 Å². The zero-order valence-corrected chi connectivity index (χ0v) is 15.1. The molecule has 0 aliphatic carbocycles. The summed E-state index contributed by atoms with van der Waals surface area (Å²) in [5, 5.41) is 4.01. The van der Waals surface area contributed by atoms with E-state index in [1.54, 1.807) is 24.1 Å². The molecule has 1 amide bonds. The van der Waals surface area contributed by atoms with Gasteiger partial charge in [-0.15, -0.1) is 0 Å². The van der Waals surface area contributed by atoms with Crippen molar-refractivity contribution in [1.82, 2.24) is 10.1 Å². The Kier molecular flexibility index (Phi) is 4.53. The molecule has 1 saturated heterocycles. The molecule has 3 aromatic rings. The molecule has 138 valence electrons. The summed E-state index contributed by atoms with van der Waals surface area (Å²) in [4.78, 5) is 18.4. The first-order valence-electron chi connectivity index (χ1n) is 8.28. The molecule has 0 spiro atoms. The van der Waals surface area contributed by atoms with E-state index in [1.165, 1.54) is 18.2 Å². The number of amides is 1. The van der Waals surface area contributed by atoms with Crippen LogP contribution in [0.25, 0.3) is 11.5 Å². The third-order valence-corrected chi connectivity index (χ3v) is 4.77. The first-order chi connectivity index (χ1) is 13.0. The van der Waals surface area contributed by atoms with Crippen LogP contribution < -0.4 is 9.64 Å². The van der Waals surface area contributed by atoms with Crippen molar-refractivity contribution >= 4 is 23.2 Å². The van der Waals surface area contributed by atoms with E-state index >= 15 is 0 Å². The van der Waals surface area contributed by atoms with Crippen molar-refractivity contribution in [3.63, 3.8) is 0 Å². The average molecular weight is 388 g/mol. The number of aromatic nitrogens is 2. The van der Waals surface area contributed by atoms with E-state index in [-0.39, 0.29) is 23.3 Å². The highest BCUT2D eigenvalue weighted by molar-refractivity contribution is 6.31. The fourth-order valence-corrected chi connectivity index (χ4v) is 3.21. The predicted molar refractivity (Wildman–Crippen MR) is 97.4 cm³/mol. The van der Waals surface area contributed by atoms with Gasteiger partial charge in [-0.1, -0.05) is 16.8 Å². The van der Waals surface area contributed by atoms with Crippen LogP contribution in [0.5, 0.6) is 5.75 Å². The van der Waals surface area contributed by atoms with Gasteiger partial charge < -0.3 is 14.2 Å². The molecule has 6 nitrogen and oxygen atoms in total. The Hall–Kier alpha value is -2.93. The third kappa shape index (κ3) is 3.38. The van der Waals surface area contributed by atoms with Gasteiger partial charge in [0, 0.05) is 30.1 Å². The van der Waals surface area contributed by atoms with Crippen molar-refractivity contribution in [3.05, 3.63) is 59.1 Å². The molecule has 27 heavy (non-hydrogen) atoms. The lowest BCUT2D eigenvalue weighted by atomic mass is 10.1. The molecule has 1 fully saturated rings. The Bertz CT molecular complexity index is 990. The molecule has 8 heteroatoms. The second-order valence-electron chi connectivity index (χ2n) is 6.19. The molecular weight excluding hydrogens is 373 g/mol. The van der Waals surface area contributed by atoms with Crippen molar-refractivity contribution in [3.8, 4) is 17.2 Å². The molecule has 2 heterocycles. The quantitative estimate of drug-likeness (QED) is 0.675. The SMILES string of the molecule is COc1ccc(-c2nc(C3CC(=O)N(c4ccc(F)c(Cl)c4)C3)no2)cc1. The van der Waals surface area contributed by atoms with Gasteiger partial charge >= 0.3 is 0 Å². The van der Waals surface area contributed by atoms with Gasteiger partial charge in [0.25, 0.3) is 5.89 Å². The highest BCUT2D eigenvalue weighted by Crippen LogP contribution is 2.33. The van der Waals surface area contributed by atoms with Crippen molar-refractivity contribution in [1.29, 1.82) is 0 Å². The largest absolute Gasteiger partial charge is 0.497 e. The highest BCUT2D eigenvalue weighted by Gasteiger charge is 2.34. The van der Waals surface area contributed by atoms with E-state index in [9.17, 15) is 9.18 Å². The van der Waals surface area contributed by atoms with Crippen LogP contribution in [-0.2, 0) is 4.79 Å². The monoisotopic (exact) mass is 387 g/mol. The van der Waals surface area contributed by atoms with Gasteiger partial charge in [-0.05, 0) is 42.5 Å². The summed E-state index contributed by atoms with van der Waals surface area (Å²) in [7, 11) is 1.59. The van der Waals surface area contributed by atoms with E-state index in [0.717, 1.165) is 11.3 Å². The van der Waals surface area contributed by atoms with Gasteiger partial charge in [0.05, 0.1) is 12.1 Å². The Labute approximate surface area is 159 Å². The maximum absolute atomic E-state index is 13.4. The van der Waals surface area contributed by atoms with Crippen LogP contribution in [0.15, 0.2) is 47.0 Å². The number of hydrogen-bond donors (Lipinski definition) is 0. The maximum atomic E-state index is 13.4. The highest BCUT2D eigenvalue weighted by atomic mass is 35.5. The molecule has 0 radical (unpaired) electrons. The molecule has 2 aromatic carbocycles. The number of halogens is 2. The fraction of sp³-hybridized carbons (Fsp3) is 0.211. The molecule has 1 aliphatic rings. The van der Waals surface area contributed by atoms with Crippen LogP contribution in [0.1, 0.15) is 18.2 Å². The summed E-state index contributed by atoms with van der Waals surface area (Å²) >= 11 is 5.82. The van der Waals surface area contributed by atoms with E-state index in [1.807, 2.05) is 12.1 Å². The second kappa shape index (κ2) is 7.00. The van der Waals surface area contributed by atoms with E-state index in [0.29, 0.717) is 23.9 Å². The zero-order chi connectivity index (χ0) is 19.0. The minimum Gasteiger partial charge on any atom is -0.497 e. The first-order valence-corrected chi connectivity index (χ1v) is 8.66. The van der Waals surface area contributed by atoms with Gasteiger partial charge in [-0.25, -0.2) is 4.39 Å². The molecule has 1 atom stereocenters.